The molecule has 1 aromatic carbocycles. The van der Waals surface area contributed by atoms with E-state index in [0.29, 0.717) is 16.7 Å². The van der Waals surface area contributed by atoms with Crippen molar-refractivity contribution in [2.24, 2.45) is 0 Å². The Bertz CT molecular complexity index is 782. The highest BCUT2D eigenvalue weighted by Gasteiger charge is 2.21. The molecule has 8 heteroatoms. The predicted octanol–water partition coefficient (Wildman–Crippen LogP) is 1.71. The lowest BCUT2D eigenvalue weighted by molar-refractivity contribution is -0.137. The van der Waals surface area contributed by atoms with Crippen LogP contribution >= 0.6 is 11.3 Å². The quantitative estimate of drug-likeness (QED) is 0.570. The first-order valence-corrected chi connectivity index (χ1v) is 7.08. The number of carbonyl (C=O) groups is 1. The normalized spacial score (nSPS) is 12.4. The number of benzene rings is 1. The first-order chi connectivity index (χ1) is 10.1. The minimum absolute atomic E-state index is 0.300. The van der Waals surface area contributed by atoms with Crippen LogP contribution in [0.25, 0.3) is 10.9 Å². The van der Waals surface area contributed by atoms with Crippen LogP contribution in [0.5, 0.6) is 0 Å². The van der Waals surface area contributed by atoms with Crippen molar-refractivity contribution in [3.05, 3.63) is 36.0 Å². The van der Waals surface area contributed by atoms with E-state index in [1.54, 1.807) is 0 Å². The number of aliphatic carboxylic acids is 1. The number of aromatic nitrogens is 3. The van der Waals surface area contributed by atoms with Gasteiger partial charge in [0.05, 0.1) is 0 Å². The van der Waals surface area contributed by atoms with Crippen LogP contribution in [0.4, 0.5) is 10.3 Å². The number of hydrogen-bond donors (Lipinski definition) is 4. The predicted molar refractivity (Wildman–Crippen MR) is 81.4 cm³/mol. The smallest absolute Gasteiger partial charge is 0.326 e. The van der Waals surface area contributed by atoms with Gasteiger partial charge >= 0.3 is 5.97 Å². The number of para-hydroxylation sites is 1. The van der Waals surface area contributed by atoms with Gasteiger partial charge in [0.25, 0.3) is 0 Å². The molecular weight excluding hydrogens is 290 g/mol. The number of aromatic amines is 1. The third-order valence-corrected chi connectivity index (χ3v) is 3.82. The average molecular weight is 303 g/mol. The van der Waals surface area contributed by atoms with Gasteiger partial charge < -0.3 is 21.1 Å². The second-order valence-electron chi connectivity index (χ2n) is 4.54. The molecule has 0 aliphatic heterocycles. The summed E-state index contributed by atoms with van der Waals surface area (Å²) < 4.78 is 0. The van der Waals surface area contributed by atoms with Crippen molar-refractivity contribution in [2.75, 3.05) is 11.1 Å². The topological polar surface area (TPSA) is 117 Å². The van der Waals surface area contributed by atoms with E-state index in [2.05, 4.69) is 20.5 Å². The molecule has 2 heterocycles. The molecule has 108 valence electrons. The van der Waals surface area contributed by atoms with Crippen molar-refractivity contribution >= 4 is 38.5 Å². The van der Waals surface area contributed by atoms with Gasteiger partial charge in [-0.1, -0.05) is 29.5 Å². The number of nitrogens with one attached hydrogen (secondary N) is 2. The number of anilines is 2. The number of nitrogens with two attached hydrogens (primary N) is 1. The van der Waals surface area contributed by atoms with E-state index >= 15 is 0 Å². The number of hydrogen-bond acceptors (Lipinski definition) is 6. The molecule has 0 saturated carbocycles. The summed E-state index contributed by atoms with van der Waals surface area (Å²) in [5.74, 6) is -0.950. The summed E-state index contributed by atoms with van der Waals surface area (Å²) >= 11 is 1.12. The Labute approximate surface area is 123 Å². The van der Waals surface area contributed by atoms with Crippen LogP contribution in [0.3, 0.4) is 0 Å². The molecule has 1 atom stereocenters. The number of rotatable bonds is 5. The molecule has 0 amide bonds. The molecule has 5 N–H and O–H groups in total. The second kappa shape index (κ2) is 5.41. The second-order valence-corrected chi connectivity index (χ2v) is 5.55. The Kier molecular flexibility index (Phi) is 3.44. The summed E-state index contributed by atoms with van der Waals surface area (Å²) in [5.41, 5.74) is 7.41. The summed E-state index contributed by atoms with van der Waals surface area (Å²) in [5, 5.41) is 21.4. The Morgan fingerprint density at radius 1 is 1.43 bits per heavy atom. The van der Waals surface area contributed by atoms with Gasteiger partial charge in [-0.05, 0) is 11.6 Å². The maximum Gasteiger partial charge on any atom is 0.326 e. The summed E-state index contributed by atoms with van der Waals surface area (Å²) in [7, 11) is 0. The largest absolute Gasteiger partial charge is 0.480 e. The van der Waals surface area contributed by atoms with Crippen molar-refractivity contribution in [2.45, 2.75) is 12.5 Å². The Morgan fingerprint density at radius 3 is 2.95 bits per heavy atom. The van der Waals surface area contributed by atoms with E-state index in [1.807, 2.05) is 30.5 Å². The van der Waals surface area contributed by atoms with Crippen LogP contribution in [-0.2, 0) is 11.2 Å². The number of fused-ring (bicyclic) bond motifs is 1. The zero-order chi connectivity index (χ0) is 14.8. The van der Waals surface area contributed by atoms with Crippen LogP contribution < -0.4 is 11.1 Å². The Hall–Kier alpha value is -2.61. The molecule has 0 aliphatic carbocycles. The third-order valence-electron chi connectivity index (χ3n) is 3.14. The first kappa shape index (κ1) is 13.4. The van der Waals surface area contributed by atoms with Crippen LogP contribution in [0.2, 0.25) is 0 Å². The van der Waals surface area contributed by atoms with Gasteiger partial charge in [-0.2, -0.15) is 0 Å². The minimum Gasteiger partial charge on any atom is -0.480 e. The molecular formula is C13H13N5O2S. The van der Waals surface area contributed by atoms with Gasteiger partial charge in [0.2, 0.25) is 10.3 Å². The number of H-pyrrole nitrogens is 1. The van der Waals surface area contributed by atoms with Crippen LogP contribution in [0.1, 0.15) is 5.56 Å². The monoisotopic (exact) mass is 303 g/mol. The van der Waals surface area contributed by atoms with E-state index in [-0.39, 0.29) is 0 Å². The lowest BCUT2D eigenvalue weighted by Crippen LogP contribution is -2.31. The summed E-state index contributed by atoms with van der Waals surface area (Å²) in [6.45, 7) is 0. The highest BCUT2D eigenvalue weighted by Crippen LogP contribution is 2.22. The zero-order valence-corrected chi connectivity index (χ0v) is 11.7. The summed E-state index contributed by atoms with van der Waals surface area (Å²) in [6.07, 6.45) is 2.16. The Balaban J connectivity index is 1.83. The molecule has 0 saturated heterocycles. The third kappa shape index (κ3) is 2.79. The van der Waals surface area contributed by atoms with Crippen molar-refractivity contribution in [1.82, 2.24) is 15.2 Å². The number of carboxylic acids is 1. The van der Waals surface area contributed by atoms with E-state index in [9.17, 15) is 9.90 Å². The summed E-state index contributed by atoms with van der Waals surface area (Å²) in [6, 6.07) is 6.97. The number of nitrogens with zero attached hydrogens (tertiary/aromatic N) is 2. The van der Waals surface area contributed by atoms with Gasteiger partial charge in [-0.25, -0.2) is 4.79 Å². The molecule has 3 rings (SSSR count). The van der Waals surface area contributed by atoms with Crippen LogP contribution in [-0.4, -0.2) is 32.3 Å². The van der Waals surface area contributed by atoms with Crippen molar-refractivity contribution in [3.63, 3.8) is 0 Å². The van der Waals surface area contributed by atoms with Crippen LogP contribution in [0, 0.1) is 0 Å². The van der Waals surface area contributed by atoms with E-state index in [4.69, 9.17) is 5.73 Å². The average Bonchev–Trinajstić information content (AvgIpc) is 3.05. The highest BCUT2D eigenvalue weighted by molar-refractivity contribution is 7.18. The minimum atomic E-state index is -0.950. The van der Waals surface area contributed by atoms with Gasteiger partial charge in [0.1, 0.15) is 6.04 Å². The SMILES string of the molecule is Nc1nnc(N[C@@H](Cc2c[nH]c3ccccc23)C(=O)O)s1. The molecule has 0 unspecified atom stereocenters. The van der Waals surface area contributed by atoms with Crippen molar-refractivity contribution in [1.29, 1.82) is 0 Å². The fraction of sp³-hybridized carbons (Fsp3) is 0.154. The molecule has 0 fully saturated rings. The molecule has 0 spiro atoms. The van der Waals surface area contributed by atoms with Crippen molar-refractivity contribution < 1.29 is 9.90 Å². The van der Waals surface area contributed by atoms with Gasteiger partial charge in [0.15, 0.2) is 0 Å². The lowest BCUT2D eigenvalue weighted by atomic mass is 10.1. The summed E-state index contributed by atoms with van der Waals surface area (Å²) in [4.78, 5) is 14.6. The van der Waals surface area contributed by atoms with Gasteiger partial charge in [-0.3, -0.25) is 0 Å². The Morgan fingerprint density at radius 2 is 2.24 bits per heavy atom. The molecule has 7 nitrogen and oxygen atoms in total. The maximum absolute atomic E-state index is 11.4. The molecule has 2 aromatic heterocycles. The number of nitrogen functional groups attached to an aromatic ring is 1. The van der Waals surface area contributed by atoms with E-state index in [0.717, 1.165) is 27.8 Å². The lowest BCUT2D eigenvalue weighted by Gasteiger charge is -2.12. The molecule has 0 radical (unpaired) electrons. The number of carboxylic acid groups (broad SMARTS) is 1. The van der Waals surface area contributed by atoms with E-state index in [1.165, 1.54) is 0 Å². The van der Waals surface area contributed by atoms with Crippen molar-refractivity contribution in [3.8, 4) is 0 Å². The van der Waals surface area contributed by atoms with Crippen LogP contribution in [0.15, 0.2) is 30.5 Å². The van der Waals surface area contributed by atoms with E-state index < -0.39 is 12.0 Å². The highest BCUT2D eigenvalue weighted by atomic mass is 32.1. The fourth-order valence-electron chi connectivity index (χ4n) is 2.16. The fourth-order valence-corrected chi connectivity index (χ4v) is 2.73. The molecule has 0 bridgehead atoms. The first-order valence-electron chi connectivity index (χ1n) is 6.27. The zero-order valence-electron chi connectivity index (χ0n) is 10.9. The maximum atomic E-state index is 11.4. The molecule has 21 heavy (non-hydrogen) atoms. The standard InChI is InChI=1S/C13H13N5O2S/c14-12-17-18-13(21-12)16-10(11(19)20)5-7-6-15-9-4-2-1-3-8(7)9/h1-4,6,10,15H,5H2,(H2,14,17)(H,16,18)(H,19,20)/t10-/m0/s1. The van der Waals surface area contributed by atoms with Gasteiger partial charge in [0, 0.05) is 23.5 Å². The molecule has 3 aromatic rings. The molecule has 0 aliphatic rings. The van der Waals surface area contributed by atoms with Gasteiger partial charge in [-0.15, -0.1) is 10.2 Å².